The number of hydrogen-bond donors (Lipinski definition) is 1. The first kappa shape index (κ1) is 14.3. The molecule has 1 aliphatic carbocycles. The van der Waals surface area contributed by atoms with E-state index in [1.165, 1.54) is 0 Å². The average molecular weight is 326 g/mol. The Hall–Kier alpha value is -1.66. The fourth-order valence-corrected chi connectivity index (χ4v) is 4.32. The van der Waals surface area contributed by atoms with Gasteiger partial charge in [0.2, 0.25) is 0 Å². The lowest BCUT2D eigenvalue weighted by Gasteiger charge is -2.12. The van der Waals surface area contributed by atoms with Crippen molar-refractivity contribution in [3.8, 4) is 0 Å². The highest BCUT2D eigenvalue weighted by Crippen LogP contribution is 2.41. The largest absolute Gasteiger partial charge is 0.478 e. The van der Waals surface area contributed by atoms with Gasteiger partial charge in [0.15, 0.2) is 9.84 Å². The molecule has 0 fully saturated rings. The summed E-state index contributed by atoms with van der Waals surface area (Å²) in [6.07, 6.45) is 1.88. The minimum absolute atomic E-state index is 0.0757. The zero-order chi connectivity index (χ0) is 15.4. The minimum atomic E-state index is -3.33. The first-order chi connectivity index (χ1) is 9.80. The smallest absolute Gasteiger partial charge is 0.336 e. The number of carboxylic acids is 1. The van der Waals surface area contributed by atoms with Crippen LogP contribution < -0.4 is 0 Å². The van der Waals surface area contributed by atoms with E-state index in [9.17, 15) is 18.3 Å². The fourth-order valence-electron chi connectivity index (χ4n) is 2.91. The maximum absolute atomic E-state index is 11.9. The van der Waals surface area contributed by atoms with E-state index in [1.54, 1.807) is 18.2 Å². The molecule has 1 aromatic carbocycles. The summed E-state index contributed by atoms with van der Waals surface area (Å²) in [4.78, 5) is 16.0. The highest BCUT2D eigenvalue weighted by molar-refractivity contribution is 7.90. The number of benzene rings is 1. The predicted molar refractivity (Wildman–Crippen MR) is 79.6 cm³/mol. The Morgan fingerprint density at radius 1 is 1.43 bits per heavy atom. The first-order valence-electron chi connectivity index (χ1n) is 6.34. The van der Waals surface area contributed by atoms with Crippen molar-refractivity contribution in [2.75, 3.05) is 6.26 Å². The van der Waals surface area contributed by atoms with E-state index in [-0.39, 0.29) is 5.56 Å². The number of halogens is 1. The number of carbonyl (C=O) groups is 1. The Labute approximate surface area is 126 Å². The van der Waals surface area contributed by atoms with Crippen molar-refractivity contribution < 1.29 is 18.3 Å². The summed E-state index contributed by atoms with van der Waals surface area (Å²) in [5.41, 5.74) is 1.32. The summed E-state index contributed by atoms with van der Waals surface area (Å²) >= 11 is 6.11. The molecule has 110 valence electrons. The molecule has 1 aromatic heterocycles. The van der Waals surface area contributed by atoms with Crippen LogP contribution in [0.25, 0.3) is 10.9 Å². The van der Waals surface area contributed by atoms with E-state index in [1.807, 2.05) is 0 Å². The van der Waals surface area contributed by atoms with Crippen LogP contribution in [0.3, 0.4) is 0 Å². The van der Waals surface area contributed by atoms with E-state index in [0.717, 1.165) is 6.26 Å². The second-order valence-electron chi connectivity index (χ2n) is 5.15. The van der Waals surface area contributed by atoms with Crippen LogP contribution in [-0.4, -0.2) is 30.7 Å². The van der Waals surface area contributed by atoms with Crippen LogP contribution in [0.2, 0.25) is 5.02 Å². The Morgan fingerprint density at radius 2 is 2.14 bits per heavy atom. The number of carboxylic acid groups (broad SMARTS) is 1. The van der Waals surface area contributed by atoms with Gasteiger partial charge in [0.05, 0.1) is 21.8 Å². The van der Waals surface area contributed by atoms with Crippen LogP contribution in [0.15, 0.2) is 18.2 Å². The van der Waals surface area contributed by atoms with Gasteiger partial charge in [0, 0.05) is 11.6 Å². The van der Waals surface area contributed by atoms with Crippen molar-refractivity contribution in [2.24, 2.45) is 0 Å². The molecule has 0 amide bonds. The number of rotatable bonds is 2. The number of nitrogens with zero attached hydrogens (tertiary/aromatic N) is 1. The lowest BCUT2D eigenvalue weighted by atomic mass is 10.0. The van der Waals surface area contributed by atoms with Gasteiger partial charge >= 0.3 is 5.97 Å². The second-order valence-corrected chi connectivity index (χ2v) is 7.78. The van der Waals surface area contributed by atoms with Crippen molar-refractivity contribution >= 4 is 38.3 Å². The van der Waals surface area contributed by atoms with Gasteiger partial charge in [0.25, 0.3) is 0 Å². The highest BCUT2D eigenvalue weighted by atomic mass is 35.5. The summed E-state index contributed by atoms with van der Waals surface area (Å²) in [6, 6.07) is 4.92. The molecule has 2 aromatic rings. The molecule has 1 aliphatic rings. The number of fused-ring (bicyclic) bond motifs is 2. The van der Waals surface area contributed by atoms with Gasteiger partial charge in [-0.15, -0.1) is 0 Å². The molecule has 3 rings (SSSR count). The van der Waals surface area contributed by atoms with E-state index in [0.29, 0.717) is 40.0 Å². The lowest BCUT2D eigenvalue weighted by Crippen LogP contribution is -2.11. The third-order valence-corrected chi connectivity index (χ3v) is 5.59. The molecule has 0 saturated carbocycles. The van der Waals surface area contributed by atoms with Crippen LogP contribution in [0.5, 0.6) is 0 Å². The normalized spacial score (nSPS) is 17.9. The Morgan fingerprint density at radius 3 is 2.76 bits per heavy atom. The predicted octanol–water partition coefficient (Wildman–Crippen LogP) is 2.62. The maximum Gasteiger partial charge on any atom is 0.336 e. The van der Waals surface area contributed by atoms with Crippen molar-refractivity contribution in [2.45, 2.75) is 18.1 Å². The molecule has 0 aliphatic heterocycles. The quantitative estimate of drug-likeness (QED) is 0.917. The Bertz CT molecular complexity index is 876. The number of aromatic carboxylic acids is 1. The summed E-state index contributed by atoms with van der Waals surface area (Å²) in [5, 5.41) is 9.47. The van der Waals surface area contributed by atoms with E-state index in [2.05, 4.69) is 4.98 Å². The highest BCUT2D eigenvalue weighted by Gasteiger charge is 2.36. The van der Waals surface area contributed by atoms with Gasteiger partial charge < -0.3 is 5.11 Å². The van der Waals surface area contributed by atoms with Crippen molar-refractivity contribution in [3.63, 3.8) is 0 Å². The number of sulfone groups is 1. The van der Waals surface area contributed by atoms with Crippen molar-refractivity contribution in [3.05, 3.63) is 40.0 Å². The van der Waals surface area contributed by atoms with Crippen molar-refractivity contribution in [1.82, 2.24) is 4.98 Å². The van der Waals surface area contributed by atoms with E-state index in [4.69, 9.17) is 11.6 Å². The van der Waals surface area contributed by atoms with E-state index < -0.39 is 21.1 Å². The van der Waals surface area contributed by atoms with Gasteiger partial charge in [-0.2, -0.15) is 0 Å². The topological polar surface area (TPSA) is 84.3 Å². The molecule has 21 heavy (non-hydrogen) atoms. The van der Waals surface area contributed by atoms with Crippen LogP contribution in [-0.2, 0) is 16.3 Å². The van der Waals surface area contributed by atoms with Crippen molar-refractivity contribution in [1.29, 1.82) is 0 Å². The molecule has 0 saturated heterocycles. The molecule has 1 unspecified atom stereocenters. The van der Waals surface area contributed by atoms with Gasteiger partial charge in [-0.3, -0.25) is 4.98 Å². The SMILES string of the molecule is CS(=O)(=O)C1CCc2c1nc1cccc(Cl)c1c2C(=O)O. The van der Waals surface area contributed by atoms with Crippen LogP contribution in [0.1, 0.15) is 33.3 Å². The Balaban J connectivity index is 2.44. The molecule has 0 spiro atoms. The summed E-state index contributed by atoms with van der Waals surface area (Å²) in [7, 11) is -3.33. The second kappa shape index (κ2) is 4.68. The van der Waals surface area contributed by atoms with Gasteiger partial charge in [0.1, 0.15) is 5.25 Å². The summed E-state index contributed by atoms with van der Waals surface area (Å²) in [5.74, 6) is -1.11. The van der Waals surface area contributed by atoms with Crippen LogP contribution in [0, 0.1) is 0 Å². The minimum Gasteiger partial charge on any atom is -0.478 e. The molecule has 1 heterocycles. The van der Waals surface area contributed by atoms with Gasteiger partial charge in [-0.25, -0.2) is 13.2 Å². The fraction of sp³-hybridized carbons (Fsp3) is 0.286. The molecule has 1 atom stereocenters. The van der Waals surface area contributed by atoms with Gasteiger partial charge in [-0.05, 0) is 30.5 Å². The zero-order valence-corrected chi connectivity index (χ0v) is 12.7. The third kappa shape index (κ3) is 2.18. The molecule has 5 nitrogen and oxygen atoms in total. The molecular formula is C14H12ClNO4S. The monoisotopic (exact) mass is 325 g/mol. The molecule has 0 bridgehead atoms. The molecule has 7 heteroatoms. The first-order valence-corrected chi connectivity index (χ1v) is 8.67. The standard InChI is InChI=1S/C14H12ClNO4S/c1-21(19,20)10-6-5-7-11(14(17)18)12-8(15)3-2-4-9(12)16-13(7)10/h2-4,10H,5-6H2,1H3,(H,17,18). The van der Waals surface area contributed by atoms with Crippen LogP contribution in [0.4, 0.5) is 0 Å². The number of hydrogen-bond acceptors (Lipinski definition) is 4. The summed E-state index contributed by atoms with van der Waals surface area (Å²) < 4.78 is 23.7. The third-order valence-electron chi connectivity index (χ3n) is 3.79. The van der Waals surface area contributed by atoms with Crippen LogP contribution >= 0.6 is 11.6 Å². The number of pyridine rings is 1. The molecule has 0 radical (unpaired) electrons. The summed E-state index contributed by atoms with van der Waals surface area (Å²) in [6.45, 7) is 0. The lowest BCUT2D eigenvalue weighted by molar-refractivity contribution is 0.0698. The number of aromatic nitrogens is 1. The maximum atomic E-state index is 11.9. The average Bonchev–Trinajstić information content (AvgIpc) is 2.79. The molecule has 1 N–H and O–H groups in total. The van der Waals surface area contributed by atoms with Gasteiger partial charge in [-0.1, -0.05) is 17.7 Å². The van der Waals surface area contributed by atoms with E-state index >= 15 is 0 Å². The zero-order valence-electron chi connectivity index (χ0n) is 11.1. The Kier molecular flexibility index (Phi) is 3.18. The molecular weight excluding hydrogens is 314 g/mol.